The molecule has 0 aliphatic rings. The number of halogens is 1. The summed E-state index contributed by atoms with van der Waals surface area (Å²) in [6, 6.07) is 7.43. The first kappa shape index (κ1) is 15.0. The molecule has 1 N–H and O–H groups in total. The quantitative estimate of drug-likeness (QED) is 0.940. The SMILES string of the molecule is COc1cccc(F)c1[C@@H](C)NC(=O)c1cccnc1C. The number of aryl methyl sites for hydroxylation is 1. The zero-order chi connectivity index (χ0) is 15.4. The minimum atomic E-state index is -0.520. The largest absolute Gasteiger partial charge is 0.496 e. The highest BCUT2D eigenvalue weighted by atomic mass is 19.1. The number of aromatic nitrogens is 1. The van der Waals surface area contributed by atoms with Gasteiger partial charge in [-0.05, 0) is 38.1 Å². The van der Waals surface area contributed by atoms with E-state index in [2.05, 4.69) is 10.3 Å². The van der Waals surface area contributed by atoms with E-state index in [1.807, 2.05) is 0 Å². The number of amides is 1. The number of methoxy groups -OCH3 is 1. The molecule has 21 heavy (non-hydrogen) atoms. The van der Waals surface area contributed by atoms with Gasteiger partial charge in [0.05, 0.1) is 24.3 Å². The van der Waals surface area contributed by atoms with Crippen LogP contribution in [0.25, 0.3) is 0 Å². The summed E-state index contributed by atoms with van der Waals surface area (Å²) in [6.07, 6.45) is 1.62. The van der Waals surface area contributed by atoms with Crippen molar-refractivity contribution in [1.82, 2.24) is 10.3 Å². The van der Waals surface area contributed by atoms with Crippen molar-refractivity contribution in [2.45, 2.75) is 19.9 Å². The van der Waals surface area contributed by atoms with Crippen LogP contribution in [-0.4, -0.2) is 18.0 Å². The first-order valence-corrected chi connectivity index (χ1v) is 6.59. The van der Waals surface area contributed by atoms with Crippen molar-refractivity contribution in [1.29, 1.82) is 0 Å². The van der Waals surface area contributed by atoms with Gasteiger partial charge in [-0.2, -0.15) is 0 Å². The maximum Gasteiger partial charge on any atom is 0.253 e. The summed E-state index contributed by atoms with van der Waals surface area (Å²) in [5, 5.41) is 2.77. The monoisotopic (exact) mass is 288 g/mol. The van der Waals surface area contributed by atoms with E-state index >= 15 is 0 Å². The Morgan fingerprint density at radius 3 is 2.76 bits per heavy atom. The fourth-order valence-corrected chi connectivity index (χ4v) is 2.19. The fourth-order valence-electron chi connectivity index (χ4n) is 2.19. The summed E-state index contributed by atoms with van der Waals surface area (Å²) < 4.78 is 19.1. The Balaban J connectivity index is 2.25. The van der Waals surface area contributed by atoms with Gasteiger partial charge in [-0.3, -0.25) is 9.78 Å². The Morgan fingerprint density at radius 2 is 2.10 bits per heavy atom. The highest BCUT2D eigenvalue weighted by molar-refractivity contribution is 5.95. The van der Waals surface area contributed by atoms with Crippen LogP contribution in [0, 0.1) is 12.7 Å². The van der Waals surface area contributed by atoms with Gasteiger partial charge in [0.2, 0.25) is 0 Å². The Bertz CT molecular complexity index is 658. The van der Waals surface area contributed by atoms with Crippen LogP contribution in [0.5, 0.6) is 5.75 Å². The van der Waals surface area contributed by atoms with Crippen LogP contribution in [0.3, 0.4) is 0 Å². The minimum absolute atomic E-state index is 0.293. The van der Waals surface area contributed by atoms with E-state index in [1.54, 1.807) is 44.3 Å². The molecule has 110 valence electrons. The normalized spacial score (nSPS) is 11.8. The van der Waals surface area contributed by atoms with Crippen molar-refractivity contribution in [3.63, 3.8) is 0 Å². The number of carbonyl (C=O) groups excluding carboxylic acids is 1. The molecule has 1 atom stereocenters. The lowest BCUT2D eigenvalue weighted by Gasteiger charge is -2.18. The summed E-state index contributed by atoms with van der Waals surface area (Å²) in [5.74, 6) is -0.297. The molecule has 2 aromatic rings. The van der Waals surface area contributed by atoms with Gasteiger partial charge in [0.15, 0.2) is 0 Å². The average Bonchev–Trinajstić information content (AvgIpc) is 2.46. The molecule has 1 aromatic heterocycles. The zero-order valence-corrected chi connectivity index (χ0v) is 12.2. The highest BCUT2D eigenvalue weighted by Crippen LogP contribution is 2.27. The van der Waals surface area contributed by atoms with Gasteiger partial charge >= 0.3 is 0 Å². The molecular formula is C16H17FN2O2. The number of benzene rings is 1. The highest BCUT2D eigenvalue weighted by Gasteiger charge is 2.19. The van der Waals surface area contributed by atoms with E-state index in [1.165, 1.54) is 13.2 Å². The zero-order valence-electron chi connectivity index (χ0n) is 12.2. The van der Waals surface area contributed by atoms with Gasteiger partial charge in [-0.1, -0.05) is 6.07 Å². The van der Waals surface area contributed by atoms with Gasteiger partial charge in [-0.15, -0.1) is 0 Å². The molecule has 0 radical (unpaired) electrons. The number of pyridine rings is 1. The average molecular weight is 288 g/mol. The molecule has 5 heteroatoms. The van der Waals surface area contributed by atoms with Crippen LogP contribution in [0.4, 0.5) is 4.39 Å². The molecule has 0 aliphatic heterocycles. The lowest BCUT2D eigenvalue weighted by atomic mass is 10.1. The second-order valence-corrected chi connectivity index (χ2v) is 4.69. The summed E-state index contributed by atoms with van der Waals surface area (Å²) in [5.41, 5.74) is 1.43. The summed E-state index contributed by atoms with van der Waals surface area (Å²) in [7, 11) is 1.47. The molecule has 0 bridgehead atoms. The predicted molar refractivity (Wildman–Crippen MR) is 77.8 cm³/mol. The Hall–Kier alpha value is -2.43. The Morgan fingerprint density at radius 1 is 1.33 bits per heavy atom. The standard InChI is InChI=1S/C16H17FN2O2/c1-10-12(6-5-9-18-10)16(20)19-11(2)15-13(17)7-4-8-14(15)21-3/h4-9,11H,1-3H3,(H,19,20)/t11-/m1/s1. The van der Waals surface area contributed by atoms with Gasteiger partial charge in [-0.25, -0.2) is 4.39 Å². The first-order valence-electron chi connectivity index (χ1n) is 6.59. The molecule has 0 fully saturated rings. The number of hydrogen-bond donors (Lipinski definition) is 1. The molecule has 1 aromatic carbocycles. The second kappa shape index (κ2) is 6.35. The van der Waals surface area contributed by atoms with E-state index in [0.717, 1.165) is 0 Å². The van der Waals surface area contributed by atoms with Crippen LogP contribution in [0.2, 0.25) is 0 Å². The van der Waals surface area contributed by atoms with E-state index < -0.39 is 11.9 Å². The molecule has 1 amide bonds. The van der Waals surface area contributed by atoms with Gasteiger partial charge < -0.3 is 10.1 Å². The lowest BCUT2D eigenvalue weighted by Crippen LogP contribution is -2.28. The van der Waals surface area contributed by atoms with Crippen LogP contribution in [0.1, 0.15) is 34.6 Å². The Kier molecular flexibility index (Phi) is 4.52. The summed E-state index contributed by atoms with van der Waals surface area (Å²) >= 11 is 0. The number of hydrogen-bond acceptors (Lipinski definition) is 3. The molecule has 0 saturated heterocycles. The predicted octanol–water partition coefficient (Wildman–Crippen LogP) is 3.03. The number of carbonyl (C=O) groups is 1. The number of nitrogens with one attached hydrogen (secondary N) is 1. The molecule has 0 aliphatic carbocycles. The molecule has 0 spiro atoms. The van der Waals surface area contributed by atoms with Crippen LogP contribution >= 0.6 is 0 Å². The summed E-state index contributed by atoms with van der Waals surface area (Å²) in [4.78, 5) is 16.3. The number of nitrogens with zero attached hydrogens (tertiary/aromatic N) is 1. The summed E-state index contributed by atoms with van der Waals surface area (Å²) in [6.45, 7) is 3.47. The number of ether oxygens (including phenoxy) is 1. The maximum atomic E-state index is 14.0. The van der Waals surface area contributed by atoms with Crippen molar-refractivity contribution in [2.75, 3.05) is 7.11 Å². The third-order valence-corrected chi connectivity index (χ3v) is 3.26. The fraction of sp³-hybridized carbons (Fsp3) is 0.250. The van der Waals surface area contributed by atoms with Gasteiger partial charge in [0.25, 0.3) is 5.91 Å². The van der Waals surface area contributed by atoms with Crippen molar-refractivity contribution in [3.05, 3.63) is 59.2 Å². The molecule has 1 heterocycles. The van der Waals surface area contributed by atoms with E-state index in [-0.39, 0.29) is 5.91 Å². The van der Waals surface area contributed by atoms with Gasteiger partial charge in [0.1, 0.15) is 11.6 Å². The maximum absolute atomic E-state index is 14.0. The van der Waals surface area contributed by atoms with Gasteiger partial charge in [0, 0.05) is 11.9 Å². The van der Waals surface area contributed by atoms with E-state index in [9.17, 15) is 9.18 Å². The molecule has 2 rings (SSSR count). The number of rotatable bonds is 4. The third kappa shape index (κ3) is 3.18. The first-order chi connectivity index (χ1) is 10.0. The smallest absolute Gasteiger partial charge is 0.253 e. The van der Waals surface area contributed by atoms with Crippen molar-refractivity contribution < 1.29 is 13.9 Å². The third-order valence-electron chi connectivity index (χ3n) is 3.26. The van der Waals surface area contributed by atoms with Crippen LogP contribution < -0.4 is 10.1 Å². The molecule has 0 unspecified atom stereocenters. The molecule has 4 nitrogen and oxygen atoms in total. The lowest BCUT2D eigenvalue weighted by molar-refractivity contribution is 0.0938. The van der Waals surface area contributed by atoms with Crippen LogP contribution in [0.15, 0.2) is 36.5 Å². The minimum Gasteiger partial charge on any atom is -0.496 e. The van der Waals surface area contributed by atoms with Crippen molar-refractivity contribution >= 4 is 5.91 Å². The van der Waals surface area contributed by atoms with Crippen LogP contribution in [-0.2, 0) is 0 Å². The molecular weight excluding hydrogens is 271 g/mol. The molecule has 0 saturated carbocycles. The van der Waals surface area contributed by atoms with E-state index in [0.29, 0.717) is 22.6 Å². The Labute approximate surface area is 123 Å². The van der Waals surface area contributed by atoms with Crippen molar-refractivity contribution in [3.8, 4) is 5.75 Å². The topological polar surface area (TPSA) is 51.2 Å². The second-order valence-electron chi connectivity index (χ2n) is 4.69. The van der Waals surface area contributed by atoms with Crippen molar-refractivity contribution in [2.24, 2.45) is 0 Å². The van der Waals surface area contributed by atoms with E-state index in [4.69, 9.17) is 4.74 Å².